The van der Waals surface area contributed by atoms with Gasteiger partial charge in [0.2, 0.25) is 0 Å². The number of aryl methyl sites for hydroxylation is 1. The first-order chi connectivity index (χ1) is 10.2. The van der Waals surface area contributed by atoms with Crippen LogP contribution in [0.2, 0.25) is 0 Å². The van der Waals surface area contributed by atoms with Gasteiger partial charge in [-0.3, -0.25) is 4.98 Å². The molecule has 1 unspecified atom stereocenters. The minimum atomic E-state index is -2.83. The largest absolute Gasteiger partial charge is 0.433 e. The Kier molecular flexibility index (Phi) is 3.99. The third kappa shape index (κ3) is 3.12. The Hall–Kier alpha value is -2.17. The zero-order chi connectivity index (χ0) is 14.7. The highest BCUT2D eigenvalue weighted by atomic mass is 19.3. The maximum atomic E-state index is 12.5. The average Bonchev–Trinajstić information content (AvgIpc) is 2.49. The maximum absolute atomic E-state index is 12.5. The molecule has 0 saturated heterocycles. The predicted molar refractivity (Wildman–Crippen MR) is 76.6 cm³/mol. The lowest BCUT2D eigenvalue weighted by Crippen LogP contribution is -2.19. The second kappa shape index (κ2) is 6.08. The molecule has 0 spiro atoms. The highest BCUT2D eigenvalue weighted by Gasteiger charge is 2.22. The number of hydrogen-bond donors (Lipinski definition) is 1. The summed E-state index contributed by atoms with van der Waals surface area (Å²) in [6.45, 7) is -2.83. The summed E-state index contributed by atoms with van der Waals surface area (Å²) in [5.41, 5.74) is 2.78. The third-order valence-electron chi connectivity index (χ3n) is 3.63. The van der Waals surface area contributed by atoms with E-state index >= 15 is 0 Å². The van der Waals surface area contributed by atoms with Crippen LogP contribution in [0.5, 0.6) is 5.75 Å². The molecule has 0 radical (unpaired) electrons. The Morgan fingerprint density at radius 3 is 2.90 bits per heavy atom. The summed E-state index contributed by atoms with van der Waals surface area (Å²) in [5.74, 6) is 0.163. The summed E-state index contributed by atoms with van der Waals surface area (Å²) in [4.78, 5) is 4.44. The van der Waals surface area contributed by atoms with Crippen LogP contribution in [0.4, 0.5) is 14.5 Å². The van der Waals surface area contributed by atoms with Crippen LogP contribution in [0.3, 0.4) is 0 Å². The number of rotatable bonds is 4. The van der Waals surface area contributed by atoms with Crippen molar-refractivity contribution in [2.45, 2.75) is 31.9 Å². The lowest BCUT2D eigenvalue weighted by molar-refractivity contribution is -0.0493. The van der Waals surface area contributed by atoms with E-state index in [0.29, 0.717) is 5.69 Å². The molecular formula is C16H16F2N2O. The molecular weight excluding hydrogens is 274 g/mol. The van der Waals surface area contributed by atoms with Gasteiger partial charge in [-0.25, -0.2) is 0 Å². The van der Waals surface area contributed by atoms with Crippen LogP contribution in [0.1, 0.15) is 30.1 Å². The van der Waals surface area contributed by atoms with E-state index < -0.39 is 6.61 Å². The third-order valence-corrected chi connectivity index (χ3v) is 3.63. The number of nitrogens with zero attached hydrogens (tertiary/aromatic N) is 1. The SMILES string of the molecule is FC(F)Oc1ccccc1NC1CCCc2cccnc21. The monoisotopic (exact) mass is 290 g/mol. The number of para-hydroxylation sites is 2. The van der Waals surface area contributed by atoms with Gasteiger partial charge in [-0.15, -0.1) is 0 Å². The Morgan fingerprint density at radius 1 is 1.19 bits per heavy atom. The van der Waals surface area contributed by atoms with Crippen molar-refractivity contribution in [3.63, 3.8) is 0 Å². The summed E-state index contributed by atoms with van der Waals surface area (Å²) in [6, 6.07) is 10.8. The molecule has 2 aromatic rings. The number of fused-ring (bicyclic) bond motifs is 1. The molecule has 1 aliphatic rings. The summed E-state index contributed by atoms with van der Waals surface area (Å²) in [5, 5.41) is 3.29. The van der Waals surface area contributed by atoms with Gasteiger partial charge in [-0.05, 0) is 43.0 Å². The van der Waals surface area contributed by atoms with E-state index in [4.69, 9.17) is 0 Å². The number of alkyl halides is 2. The summed E-state index contributed by atoms with van der Waals surface area (Å²) < 4.78 is 29.5. The fourth-order valence-corrected chi connectivity index (χ4v) is 2.72. The number of nitrogens with one attached hydrogen (secondary N) is 1. The fourth-order valence-electron chi connectivity index (χ4n) is 2.72. The molecule has 0 amide bonds. The number of hydrogen-bond acceptors (Lipinski definition) is 3. The Morgan fingerprint density at radius 2 is 2.05 bits per heavy atom. The molecule has 0 saturated carbocycles. The van der Waals surface area contributed by atoms with Gasteiger partial charge in [0, 0.05) is 6.20 Å². The first-order valence-electron chi connectivity index (χ1n) is 6.98. The summed E-state index contributed by atoms with van der Waals surface area (Å²) >= 11 is 0. The molecule has 1 atom stereocenters. The van der Waals surface area contributed by atoms with Crippen molar-refractivity contribution in [2.75, 3.05) is 5.32 Å². The van der Waals surface area contributed by atoms with Gasteiger partial charge in [0.1, 0.15) is 5.75 Å². The molecule has 1 aliphatic carbocycles. The molecule has 0 fully saturated rings. The van der Waals surface area contributed by atoms with Crippen molar-refractivity contribution in [2.24, 2.45) is 0 Å². The highest BCUT2D eigenvalue weighted by molar-refractivity contribution is 5.57. The topological polar surface area (TPSA) is 34.1 Å². The van der Waals surface area contributed by atoms with E-state index in [1.54, 1.807) is 24.4 Å². The van der Waals surface area contributed by atoms with Crippen LogP contribution in [-0.4, -0.2) is 11.6 Å². The smallest absolute Gasteiger partial charge is 0.387 e. The van der Waals surface area contributed by atoms with E-state index in [0.717, 1.165) is 25.0 Å². The van der Waals surface area contributed by atoms with Crippen LogP contribution in [0.15, 0.2) is 42.6 Å². The minimum absolute atomic E-state index is 0.0253. The average molecular weight is 290 g/mol. The van der Waals surface area contributed by atoms with Crippen LogP contribution in [0, 0.1) is 0 Å². The number of aromatic nitrogens is 1. The van der Waals surface area contributed by atoms with Gasteiger partial charge in [-0.2, -0.15) is 8.78 Å². The number of halogens is 2. The first-order valence-corrected chi connectivity index (χ1v) is 6.98. The number of pyridine rings is 1. The molecule has 0 bridgehead atoms. The van der Waals surface area contributed by atoms with Crippen molar-refractivity contribution in [3.05, 3.63) is 53.9 Å². The molecule has 1 N–H and O–H groups in total. The molecule has 3 rings (SSSR count). The second-order valence-corrected chi connectivity index (χ2v) is 5.01. The van der Waals surface area contributed by atoms with E-state index in [-0.39, 0.29) is 11.8 Å². The van der Waals surface area contributed by atoms with Crippen molar-refractivity contribution >= 4 is 5.69 Å². The normalized spacial score (nSPS) is 17.4. The molecule has 21 heavy (non-hydrogen) atoms. The molecule has 1 heterocycles. The van der Waals surface area contributed by atoms with Crippen molar-refractivity contribution in [3.8, 4) is 5.75 Å². The van der Waals surface area contributed by atoms with Gasteiger partial charge in [-0.1, -0.05) is 18.2 Å². The van der Waals surface area contributed by atoms with Gasteiger partial charge in [0.25, 0.3) is 0 Å². The van der Waals surface area contributed by atoms with Crippen molar-refractivity contribution < 1.29 is 13.5 Å². The Balaban J connectivity index is 1.85. The fraction of sp³-hybridized carbons (Fsp3) is 0.312. The first kappa shape index (κ1) is 13.8. The van der Waals surface area contributed by atoms with Crippen LogP contribution < -0.4 is 10.1 Å². The molecule has 110 valence electrons. The zero-order valence-corrected chi connectivity index (χ0v) is 11.4. The summed E-state index contributed by atoms with van der Waals surface area (Å²) in [6.07, 6.45) is 4.75. The van der Waals surface area contributed by atoms with E-state index in [1.807, 2.05) is 6.07 Å². The van der Waals surface area contributed by atoms with E-state index in [9.17, 15) is 8.78 Å². The highest BCUT2D eigenvalue weighted by Crippen LogP contribution is 2.34. The van der Waals surface area contributed by atoms with Crippen molar-refractivity contribution in [1.29, 1.82) is 0 Å². The predicted octanol–water partition coefficient (Wildman–Crippen LogP) is 4.17. The van der Waals surface area contributed by atoms with E-state index in [2.05, 4.69) is 21.1 Å². The Bertz CT molecular complexity index is 619. The maximum Gasteiger partial charge on any atom is 0.387 e. The molecule has 5 heteroatoms. The van der Waals surface area contributed by atoms with E-state index in [1.165, 1.54) is 11.6 Å². The quantitative estimate of drug-likeness (QED) is 0.917. The van der Waals surface area contributed by atoms with Gasteiger partial charge >= 0.3 is 6.61 Å². The van der Waals surface area contributed by atoms with Gasteiger partial charge in [0.05, 0.1) is 17.4 Å². The standard InChI is InChI=1S/C16H16F2N2O/c17-16(18)21-14-9-2-1-7-12(14)20-13-8-3-5-11-6-4-10-19-15(11)13/h1-2,4,6-7,9-10,13,16,20H,3,5,8H2. The molecule has 1 aromatic heterocycles. The number of ether oxygens (including phenoxy) is 1. The van der Waals surface area contributed by atoms with Crippen LogP contribution >= 0.6 is 0 Å². The van der Waals surface area contributed by atoms with Gasteiger partial charge < -0.3 is 10.1 Å². The van der Waals surface area contributed by atoms with Crippen LogP contribution in [-0.2, 0) is 6.42 Å². The minimum Gasteiger partial charge on any atom is -0.433 e. The molecule has 0 aliphatic heterocycles. The lowest BCUT2D eigenvalue weighted by atomic mass is 9.92. The zero-order valence-electron chi connectivity index (χ0n) is 11.4. The van der Waals surface area contributed by atoms with Crippen molar-refractivity contribution in [1.82, 2.24) is 4.98 Å². The number of anilines is 1. The summed E-state index contributed by atoms with van der Waals surface area (Å²) in [7, 11) is 0. The molecule has 1 aromatic carbocycles. The van der Waals surface area contributed by atoms with Gasteiger partial charge in [0.15, 0.2) is 0 Å². The molecule has 3 nitrogen and oxygen atoms in total. The Labute approximate surface area is 122 Å². The van der Waals surface area contributed by atoms with Crippen LogP contribution in [0.25, 0.3) is 0 Å². The number of benzene rings is 1. The second-order valence-electron chi connectivity index (χ2n) is 5.01. The lowest BCUT2D eigenvalue weighted by Gasteiger charge is -2.26.